The van der Waals surface area contributed by atoms with Crippen LogP contribution in [0.1, 0.15) is 30.9 Å². The monoisotopic (exact) mass is 380 g/mol. The van der Waals surface area contributed by atoms with Crippen LogP contribution in [0.15, 0.2) is 53.3 Å². The molecule has 4 N–H and O–H groups in total. The number of benzene rings is 2. The van der Waals surface area contributed by atoms with Crippen LogP contribution in [0.2, 0.25) is 0 Å². The van der Waals surface area contributed by atoms with Gasteiger partial charge in [0.1, 0.15) is 0 Å². The summed E-state index contributed by atoms with van der Waals surface area (Å²) in [4.78, 5) is 28.6. The molecule has 3 aromatic rings. The van der Waals surface area contributed by atoms with Crippen molar-refractivity contribution in [2.75, 3.05) is 5.32 Å². The quantitative estimate of drug-likeness (QED) is 0.412. The van der Waals surface area contributed by atoms with Gasteiger partial charge in [-0.2, -0.15) is 0 Å². The van der Waals surface area contributed by atoms with Crippen molar-refractivity contribution in [3.8, 4) is 0 Å². The molecule has 0 saturated carbocycles. The summed E-state index contributed by atoms with van der Waals surface area (Å²) in [6, 6.07) is 13.3. The predicted molar refractivity (Wildman–Crippen MR) is 113 cm³/mol. The fourth-order valence-corrected chi connectivity index (χ4v) is 2.81. The number of fused-ring (bicyclic) bond motifs is 1. The van der Waals surface area contributed by atoms with Crippen molar-refractivity contribution in [3.05, 3.63) is 70.2 Å². The number of carbonyl (C=O) groups is 1. The van der Waals surface area contributed by atoms with Crippen LogP contribution >= 0.6 is 12.2 Å². The molecular formula is C20H20N4O2S. The van der Waals surface area contributed by atoms with Crippen LogP contribution in [0, 0.1) is 0 Å². The van der Waals surface area contributed by atoms with Gasteiger partial charge in [-0.25, -0.2) is 4.79 Å². The number of aromatic nitrogens is 2. The van der Waals surface area contributed by atoms with Crippen LogP contribution in [0.4, 0.5) is 5.69 Å². The second-order valence-corrected chi connectivity index (χ2v) is 6.85. The van der Waals surface area contributed by atoms with Crippen molar-refractivity contribution >= 4 is 46.0 Å². The second kappa shape index (κ2) is 8.01. The summed E-state index contributed by atoms with van der Waals surface area (Å²) in [6.45, 7) is 4.27. The molecule has 0 bridgehead atoms. The van der Waals surface area contributed by atoms with Gasteiger partial charge in [0.05, 0.1) is 11.0 Å². The van der Waals surface area contributed by atoms with Crippen molar-refractivity contribution in [2.45, 2.75) is 19.8 Å². The Morgan fingerprint density at radius 3 is 2.48 bits per heavy atom. The van der Waals surface area contributed by atoms with Gasteiger partial charge in [0.25, 0.3) is 0 Å². The van der Waals surface area contributed by atoms with Crippen molar-refractivity contribution in [1.82, 2.24) is 15.3 Å². The van der Waals surface area contributed by atoms with Crippen molar-refractivity contribution < 1.29 is 4.79 Å². The van der Waals surface area contributed by atoms with Gasteiger partial charge in [-0.3, -0.25) is 10.1 Å². The molecule has 6 nitrogen and oxygen atoms in total. The fraction of sp³-hybridized carbons (Fsp3) is 0.150. The van der Waals surface area contributed by atoms with Crippen molar-refractivity contribution in [1.29, 1.82) is 0 Å². The van der Waals surface area contributed by atoms with Crippen molar-refractivity contribution in [3.63, 3.8) is 0 Å². The molecule has 1 heterocycles. The molecule has 0 atom stereocenters. The van der Waals surface area contributed by atoms with E-state index in [4.69, 9.17) is 12.2 Å². The van der Waals surface area contributed by atoms with E-state index >= 15 is 0 Å². The molecule has 27 heavy (non-hydrogen) atoms. The maximum Gasteiger partial charge on any atom is 0.323 e. The predicted octanol–water partition coefficient (Wildman–Crippen LogP) is 3.51. The van der Waals surface area contributed by atoms with Crippen LogP contribution in [0.25, 0.3) is 17.1 Å². The van der Waals surface area contributed by atoms with E-state index in [9.17, 15) is 9.59 Å². The molecule has 0 aliphatic heterocycles. The lowest BCUT2D eigenvalue weighted by Gasteiger charge is -2.08. The summed E-state index contributed by atoms with van der Waals surface area (Å²) in [6.07, 6.45) is 3.17. The Morgan fingerprint density at radius 2 is 1.78 bits per heavy atom. The standard InChI is InChI=1S/C20H20N4O2S/c1-12(2)14-6-3-13(4-7-14)5-10-18(25)24-20(27)21-15-8-9-16-17(11-15)23-19(26)22-16/h3-12H,1-2H3,(H2,22,23,26)(H2,21,24,25,27)/b10-5+. The smallest absolute Gasteiger partial charge is 0.323 e. The average molecular weight is 380 g/mol. The highest BCUT2D eigenvalue weighted by molar-refractivity contribution is 7.80. The molecule has 3 rings (SSSR count). The third kappa shape index (κ3) is 4.92. The molecule has 0 radical (unpaired) electrons. The minimum Gasteiger partial charge on any atom is -0.332 e. The van der Waals surface area contributed by atoms with Crippen LogP contribution in [-0.4, -0.2) is 21.0 Å². The third-order valence-corrected chi connectivity index (χ3v) is 4.24. The van der Waals surface area contributed by atoms with Gasteiger partial charge < -0.3 is 15.3 Å². The van der Waals surface area contributed by atoms with Gasteiger partial charge >= 0.3 is 5.69 Å². The maximum atomic E-state index is 12.0. The lowest BCUT2D eigenvalue weighted by atomic mass is 10.0. The van der Waals surface area contributed by atoms with Gasteiger partial charge in [0, 0.05) is 11.8 Å². The summed E-state index contributed by atoms with van der Waals surface area (Å²) >= 11 is 5.16. The summed E-state index contributed by atoms with van der Waals surface area (Å²) < 4.78 is 0. The number of rotatable bonds is 4. The minimum atomic E-state index is -0.323. The van der Waals surface area contributed by atoms with E-state index in [1.54, 1.807) is 24.3 Å². The molecule has 0 aliphatic carbocycles. The fourth-order valence-electron chi connectivity index (χ4n) is 2.59. The van der Waals surface area contributed by atoms with E-state index in [0.29, 0.717) is 22.6 Å². The number of aromatic amines is 2. The van der Waals surface area contributed by atoms with Crippen molar-refractivity contribution in [2.24, 2.45) is 0 Å². The Morgan fingerprint density at radius 1 is 1.07 bits per heavy atom. The van der Waals surface area contributed by atoms with Gasteiger partial charge in [-0.1, -0.05) is 38.1 Å². The van der Waals surface area contributed by atoms with E-state index in [1.807, 2.05) is 12.1 Å². The molecular weight excluding hydrogens is 360 g/mol. The van der Waals surface area contributed by atoms with E-state index in [2.05, 4.69) is 46.6 Å². The van der Waals surface area contributed by atoms with Crippen LogP contribution in [0.5, 0.6) is 0 Å². The number of anilines is 1. The first-order chi connectivity index (χ1) is 12.9. The van der Waals surface area contributed by atoms with E-state index in [1.165, 1.54) is 11.6 Å². The third-order valence-electron chi connectivity index (χ3n) is 4.04. The summed E-state index contributed by atoms with van der Waals surface area (Å²) in [7, 11) is 0. The van der Waals surface area contributed by atoms with E-state index < -0.39 is 0 Å². The van der Waals surface area contributed by atoms with Crippen LogP contribution in [0.3, 0.4) is 0 Å². The highest BCUT2D eigenvalue weighted by Crippen LogP contribution is 2.16. The normalized spacial score (nSPS) is 11.2. The molecule has 138 valence electrons. The first kappa shape index (κ1) is 18.6. The second-order valence-electron chi connectivity index (χ2n) is 6.44. The Hall–Kier alpha value is -3.19. The minimum absolute atomic E-state index is 0.178. The number of hydrogen-bond donors (Lipinski definition) is 4. The molecule has 7 heteroatoms. The summed E-state index contributed by atoms with van der Waals surface area (Å²) in [5, 5.41) is 5.70. The largest absolute Gasteiger partial charge is 0.332 e. The molecule has 0 unspecified atom stereocenters. The first-order valence-electron chi connectivity index (χ1n) is 8.53. The zero-order valence-corrected chi connectivity index (χ0v) is 15.8. The lowest BCUT2D eigenvalue weighted by Crippen LogP contribution is -2.32. The Balaban J connectivity index is 1.57. The van der Waals surface area contributed by atoms with E-state index in [0.717, 1.165) is 5.56 Å². The SMILES string of the molecule is CC(C)c1ccc(/C=C/C(=O)NC(=S)Nc2ccc3[nH]c(=O)[nH]c3c2)cc1. The number of carbonyl (C=O) groups excluding carboxylic acids is 1. The van der Waals surface area contributed by atoms with E-state index in [-0.39, 0.29) is 16.7 Å². The number of amides is 1. The average Bonchev–Trinajstić information content (AvgIpc) is 2.99. The maximum absolute atomic E-state index is 12.0. The van der Waals surface area contributed by atoms with Crippen LogP contribution in [-0.2, 0) is 4.79 Å². The number of hydrogen-bond acceptors (Lipinski definition) is 3. The molecule has 0 fully saturated rings. The summed E-state index contributed by atoms with van der Waals surface area (Å²) in [5.41, 5.74) is 3.94. The number of thiocarbonyl (C=S) groups is 1. The molecule has 2 aromatic carbocycles. The number of imidazole rings is 1. The number of H-pyrrole nitrogens is 2. The van der Waals surface area contributed by atoms with Gasteiger partial charge in [0.15, 0.2) is 5.11 Å². The zero-order valence-electron chi connectivity index (χ0n) is 15.0. The topological polar surface area (TPSA) is 89.8 Å². The Bertz CT molecular complexity index is 1060. The zero-order chi connectivity index (χ0) is 19.4. The molecule has 1 aromatic heterocycles. The van der Waals surface area contributed by atoms with Gasteiger partial charge in [-0.15, -0.1) is 0 Å². The van der Waals surface area contributed by atoms with Crippen LogP contribution < -0.4 is 16.3 Å². The number of nitrogens with one attached hydrogen (secondary N) is 4. The summed E-state index contributed by atoms with van der Waals surface area (Å²) in [5.74, 6) is 0.148. The molecule has 0 saturated heterocycles. The highest BCUT2D eigenvalue weighted by atomic mass is 32.1. The van der Waals surface area contributed by atoms with Gasteiger partial charge in [0.2, 0.25) is 5.91 Å². The highest BCUT2D eigenvalue weighted by Gasteiger charge is 2.04. The Labute approximate surface area is 161 Å². The van der Waals surface area contributed by atoms with Gasteiger partial charge in [-0.05, 0) is 53.5 Å². The molecule has 0 aliphatic rings. The first-order valence-corrected chi connectivity index (χ1v) is 8.93. The molecule has 1 amide bonds. The molecule has 0 spiro atoms. The lowest BCUT2D eigenvalue weighted by molar-refractivity contribution is -0.115. The Kier molecular flexibility index (Phi) is 5.52.